The van der Waals surface area contributed by atoms with Crippen LogP contribution in [0.15, 0.2) is 52.4 Å². The predicted molar refractivity (Wildman–Crippen MR) is 111 cm³/mol. The van der Waals surface area contributed by atoms with E-state index in [2.05, 4.69) is 15.5 Å². The van der Waals surface area contributed by atoms with Gasteiger partial charge in [0.1, 0.15) is 0 Å². The molecule has 0 spiro atoms. The van der Waals surface area contributed by atoms with Crippen LogP contribution in [0.4, 0.5) is 11.5 Å². The van der Waals surface area contributed by atoms with Crippen molar-refractivity contribution in [3.05, 3.63) is 63.4 Å². The second-order valence-electron chi connectivity index (χ2n) is 5.78. The van der Waals surface area contributed by atoms with Gasteiger partial charge < -0.3 is 14.8 Å². The summed E-state index contributed by atoms with van der Waals surface area (Å²) in [5.74, 6) is 2.03. The van der Waals surface area contributed by atoms with Gasteiger partial charge in [0.15, 0.2) is 16.7 Å². The topological polar surface area (TPSA) is 78.3 Å². The molecule has 2 aromatic carbocycles. The van der Waals surface area contributed by atoms with E-state index in [-0.39, 0.29) is 11.4 Å². The summed E-state index contributed by atoms with van der Waals surface area (Å²) in [4.78, 5) is 12.6. The maximum Gasteiger partial charge on any atom is 0.297 e. The minimum atomic E-state index is -0.287. The molecule has 0 saturated heterocycles. The number of nitrogens with one attached hydrogen (secondary N) is 1. The molecule has 0 bridgehead atoms. The van der Waals surface area contributed by atoms with Gasteiger partial charge in [-0.2, -0.15) is 0 Å². The van der Waals surface area contributed by atoms with Crippen molar-refractivity contribution in [3.63, 3.8) is 0 Å². The van der Waals surface area contributed by atoms with Crippen molar-refractivity contribution < 1.29 is 9.47 Å². The second kappa shape index (κ2) is 8.99. The van der Waals surface area contributed by atoms with Crippen molar-refractivity contribution in [3.8, 4) is 11.5 Å². The van der Waals surface area contributed by atoms with Gasteiger partial charge in [0.2, 0.25) is 5.82 Å². The lowest BCUT2D eigenvalue weighted by atomic mass is 10.2. The Morgan fingerprint density at radius 3 is 2.57 bits per heavy atom. The van der Waals surface area contributed by atoms with E-state index in [1.807, 2.05) is 30.3 Å². The van der Waals surface area contributed by atoms with Crippen molar-refractivity contribution in [2.75, 3.05) is 19.5 Å². The summed E-state index contributed by atoms with van der Waals surface area (Å²) >= 11 is 7.52. The van der Waals surface area contributed by atoms with Crippen LogP contribution in [0.3, 0.4) is 0 Å². The Kier molecular flexibility index (Phi) is 6.43. The number of ether oxygens (including phenoxy) is 2. The predicted octanol–water partition coefficient (Wildman–Crippen LogP) is 3.88. The summed E-state index contributed by atoms with van der Waals surface area (Å²) in [5, 5.41) is 12.1. The number of anilines is 2. The minimum absolute atomic E-state index is 0.117. The van der Waals surface area contributed by atoms with Crippen LogP contribution in [0.1, 0.15) is 5.56 Å². The zero-order chi connectivity index (χ0) is 20.1. The van der Waals surface area contributed by atoms with Crippen LogP contribution in [0.25, 0.3) is 0 Å². The fourth-order valence-electron chi connectivity index (χ4n) is 2.46. The van der Waals surface area contributed by atoms with E-state index < -0.39 is 0 Å². The number of benzene rings is 2. The van der Waals surface area contributed by atoms with E-state index in [9.17, 15) is 4.79 Å². The van der Waals surface area contributed by atoms with Crippen LogP contribution >= 0.6 is 23.4 Å². The fourth-order valence-corrected chi connectivity index (χ4v) is 3.49. The molecular weight excluding hydrogens is 400 g/mol. The molecule has 0 saturated carbocycles. The molecule has 1 aromatic heterocycles. The zero-order valence-corrected chi connectivity index (χ0v) is 17.2. The van der Waals surface area contributed by atoms with Crippen molar-refractivity contribution in [2.45, 2.75) is 10.9 Å². The normalized spacial score (nSPS) is 10.6. The van der Waals surface area contributed by atoms with Gasteiger partial charge in [-0.25, -0.2) is 0 Å². The molecule has 3 aromatic rings. The molecule has 0 atom stereocenters. The maximum absolute atomic E-state index is 12.6. The standard InChI is InChI=1S/C19H19ClN4O3S/c1-24-18(25)17(21-14-7-5-4-6-13(14)20)22-23-19(24)28-11-12-8-9-15(26-2)16(10-12)27-3/h4-10H,11H2,1-3H3,(H,21,22). The lowest BCUT2D eigenvalue weighted by Gasteiger charge is -2.11. The number of halogens is 1. The van der Waals surface area contributed by atoms with Crippen LogP contribution in [-0.2, 0) is 12.8 Å². The maximum atomic E-state index is 12.6. The summed E-state index contributed by atoms with van der Waals surface area (Å²) in [7, 11) is 4.84. The lowest BCUT2D eigenvalue weighted by Crippen LogP contribution is -2.24. The van der Waals surface area contributed by atoms with Crippen LogP contribution in [0.2, 0.25) is 5.02 Å². The summed E-state index contributed by atoms with van der Waals surface area (Å²) in [5.41, 5.74) is 1.32. The molecule has 0 amide bonds. The number of thioether (sulfide) groups is 1. The van der Waals surface area contributed by atoms with Gasteiger partial charge in [0.05, 0.1) is 24.9 Å². The highest BCUT2D eigenvalue weighted by Gasteiger charge is 2.12. The Morgan fingerprint density at radius 2 is 1.86 bits per heavy atom. The van der Waals surface area contributed by atoms with Crippen LogP contribution in [0.5, 0.6) is 11.5 Å². The molecule has 146 valence electrons. The molecule has 0 unspecified atom stereocenters. The average Bonchev–Trinajstić information content (AvgIpc) is 2.72. The molecule has 0 aliphatic heterocycles. The molecule has 0 fully saturated rings. The van der Waals surface area contributed by atoms with Gasteiger partial charge in [-0.3, -0.25) is 9.36 Å². The SMILES string of the molecule is COc1ccc(CSc2nnc(Nc3ccccc3Cl)c(=O)n2C)cc1OC. The number of para-hydroxylation sites is 1. The summed E-state index contributed by atoms with van der Waals surface area (Å²) in [6.07, 6.45) is 0. The molecular formula is C19H19ClN4O3S. The lowest BCUT2D eigenvalue weighted by molar-refractivity contribution is 0.354. The highest BCUT2D eigenvalue weighted by Crippen LogP contribution is 2.30. The molecule has 9 heteroatoms. The van der Waals surface area contributed by atoms with Gasteiger partial charge in [-0.15, -0.1) is 10.2 Å². The zero-order valence-electron chi connectivity index (χ0n) is 15.6. The van der Waals surface area contributed by atoms with E-state index in [1.54, 1.807) is 33.4 Å². The monoisotopic (exact) mass is 418 g/mol. The Balaban J connectivity index is 1.76. The van der Waals surface area contributed by atoms with Gasteiger partial charge in [0.25, 0.3) is 5.56 Å². The third-order valence-corrected chi connectivity index (χ3v) is 5.39. The highest BCUT2D eigenvalue weighted by molar-refractivity contribution is 7.98. The second-order valence-corrected chi connectivity index (χ2v) is 7.13. The van der Waals surface area contributed by atoms with Crippen molar-refractivity contribution >= 4 is 34.9 Å². The van der Waals surface area contributed by atoms with Crippen LogP contribution < -0.4 is 20.3 Å². The summed E-state index contributed by atoms with van der Waals surface area (Å²) in [6, 6.07) is 12.8. The summed E-state index contributed by atoms with van der Waals surface area (Å²) in [6.45, 7) is 0. The number of hydrogen-bond acceptors (Lipinski definition) is 7. The molecule has 7 nitrogen and oxygen atoms in total. The van der Waals surface area contributed by atoms with E-state index in [0.29, 0.717) is 33.1 Å². The molecule has 0 aliphatic rings. The van der Waals surface area contributed by atoms with Crippen LogP contribution in [0, 0.1) is 0 Å². The number of rotatable bonds is 7. The van der Waals surface area contributed by atoms with Gasteiger partial charge in [-0.1, -0.05) is 41.6 Å². The van der Waals surface area contributed by atoms with Crippen molar-refractivity contribution in [2.24, 2.45) is 7.05 Å². The molecule has 1 heterocycles. The third kappa shape index (κ3) is 4.40. The third-order valence-electron chi connectivity index (χ3n) is 3.97. The van der Waals surface area contributed by atoms with E-state index >= 15 is 0 Å². The molecule has 3 rings (SSSR count). The quantitative estimate of drug-likeness (QED) is 0.583. The number of methoxy groups -OCH3 is 2. The van der Waals surface area contributed by atoms with Crippen molar-refractivity contribution in [1.29, 1.82) is 0 Å². The Bertz CT molecular complexity index is 1040. The Hall–Kier alpha value is -2.71. The molecule has 0 radical (unpaired) electrons. The largest absolute Gasteiger partial charge is 0.493 e. The van der Waals surface area contributed by atoms with E-state index in [1.165, 1.54) is 16.3 Å². The number of aromatic nitrogens is 3. The first-order valence-electron chi connectivity index (χ1n) is 8.32. The highest BCUT2D eigenvalue weighted by atomic mass is 35.5. The van der Waals surface area contributed by atoms with Crippen molar-refractivity contribution in [1.82, 2.24) is 14.8 Å². The number of nitrogens with zero attached hydrogens (tertiary/aromatic N) is 3. The Morgan fingerprint density at radius 1 is 1.11 bits per heavy atom. The van der Waals surface area contributed by atoms with E-state index in [4.69, 9.17) is 21.1 Å². The number of hydrogen-bond donors (Lipinski definition) is 1. The fraction of sp³-hybridized carbons (Fsp3) is 0.211. The molecule has 0 aliphatic carbocycles. The first-order chi connectivity index (χ1) is 13.5. The van der Waals surface area contributed by atoms with Gasteiger partial charge in [-0.05, 0) is 29.8 Å². The smallest absolute Gasteiger partial charge is 0.297 e. The first-order valence-corrected chi connectivity index (χ1v) is 9.68. The Labute approximate surface area is 171 Å². The first kappa shape index (κ1) is 20.0. The molecule has 1 N–H and O–H groups in total. The summed E-state index contributed by atoms with van der Waals surface area (Å²) < 4.78 is 12.0. The molecule has 28 heavy (non-hydrogen) atoms. The van der Waals surface area contributed by atoms with Gasteiger partial charge >= 0.3 is 0 Å². The van der Waals surface area contributed by atoms with Gasteiger partial charge in [0, 0.05) is 12.8 Å². The minimum Gasteiger partial charge on any atom is -0.493 e. The van der Waals surface area contributed by atoms with E-state index in [0.717, 1.165) is 5.56 Å². The average molecular weight is 419 g/mol. The van der Waals surface area contributed by atoms with Crippen LogP contribution in [-0.4, -0.2) is 29.0 Å².